The first kappa shape index (κ1) is 16.0. The second-order valence-electron chi connectivity index (χ2n) is 6.98. The maximum atomic E-state index is 12.5. The molecular formula is C14H29NO2S. The van der Waals surface area contributed by atoms with Crippen LogP contribution in [0.2, 0.25) is 0 Å². The first-order valence-corrected chi connectivity index (χ1v) is 8.59. The highest BCUT2D eigenvalue weighted by molar-refractivity contribution is 7.89. The summed E-state index contributed by atoms with van der Waals surface area (Å²) in [7, 11) is -3.16. The lowest BCUT2D eigenvalue weighted by atomic mass is 9.92. The standard InChI is InChI=1S/C14H29NO2S/c1-11(2)9-14(5,6)15(10-13-7-8-13)18(16,17)12(3)4/h11-13H,7-10H2,1-6H3. The van der Waals surface area contributed by atoms with Gasteiger partial charge in [-0.2, -0.15) is 4.31 Å². The highest BCUT2D eigenvalue weighted by atomic mass is 32.2. The summed E-state index contributed by atoms with van der Waals surface area (Å²) in [4.78, 5) is 0. The van der Waals surface area contributed by atoms with Crippen LogP contribution in [0.25, 0.3) is 0 Å². The quantitative estimate of drug-likeness (QED) is 0.715. The molecule has 0 heterocycles. The fraction of sp³-hybridized carbons (Fsp3) is 1.00. The van der Waals surface area contributed by atoms with Crippen LogP contribution in [0.1, 0.15) is 60.8 Å². The molecule has 0 spiro atoms. The van der Waals surface area contributed by atoms with Crippen molar-refractivity contribution in [1.29, 1.82) is 0 Å². The molecule has 4 heteroatoms. The molecule has 0 aromatic rings. The van der Waals surface area contributed by atoms with Gasteiger partial charge < -0.3 is 0 Å². The van der Waals surface area contributed by atoms with Crippen LogP contribution in [0.4, 0.5) is 0 Å². The molecule has 18 heavy (non-hydrogen) atoms. The molecule has 0 aromatic carbocycles. The molecule has 3 nitrogen and oxygen atoms in total. The lowest BCUT2D eigenvalue weighted by Gasteiger charge is -2.40. The molecule has 0 aliphatic heterocycles. The fourth-order valence-electron chi connectivity index (χ4n) is 2.59. The normalized spacial score (nSPS) is 18.1. The first-order chi connectivity index (χ1) is 8.07. The van der Waals surface area contributed by atoms with Gasteiger partial charge in [-0.25, -0.2) is 8.42 Å². The van der Waals surface area contributed by atoms with Crippen LogP contribution in [-0.4, -0.2) is 30.1 Å². The van der Waals surface area contributed by atoms with E-state index >= 15 is 0 Å². The number of rotatable bonds is 7. The van der Waals surface area contributed by atoms with E-state index in [4.69, 9.17) is 0 Å². The Balaban J connectivity index is 2.96. The average molecular weight is 275 g/mol. The zero-order valence-electron chi connectivity index (χ0n) is 12.7. The minimum atomic E-state index is -3.16. The minimum absolute atomic E-state index is 0.278. The van der Waals surface area contributed by atoms with Crippen LogP contribution < -0.4 is 0 Å². The van der Waals surface area contributed by atoms with E-state index in [1.54, 1.807) is 18.2 Å². The van der Waals surface area contributed by atoms with Gasteiger partial charge in [0.1, 0.15) is 0 Å². The average Bonchev–Trinajstić information content (AvgIpc) is 2.94. The van der Waals surface area contributed by atoms with E-state index in [0.717, 1.165) is 6.42 Å². The molecule has 1 rings (SSSR count). The SMILES string of the molecule is CC(C)CC(C)(C)N(CC1CC1)S(=O)(=O)C(C)C. The van der Waals surface area contributed by atoms with Gasteiger partial charge in [0.25, 0.3) is 0 Å². The molecule has 1 aliphatic carbocycles. The lowest BCUT2D eigenvalue weighted by molar-refractivity contribution is 0.185. The summed E-state index contributed by atoms with van der Waals surface area (Å²) >= 11 is 0. The van der Waals surface area contributed by atoms with Crippen molar-refractivity contribution in [2.24, 2.45) is 11.8 Å². The molecule has 1 saturated carbocycles. The van der Waals surface area contributed by atoms with Crippen LogP contribution in [0.15, 0.2) is 0 Å². The van der Waals surface area contributed by atoms with Crippen LogP contribution in [0, 0.1) is 11.8 Å². The van der Waals surface area contributed by atoms with Gasteiger partial charge in [0.05, 0.1) is 5.25 Å². The highest BCUT2D eigenvalue weighted by Gasteiger charge is 2.41. The fourth-order valence-corrected chi connectivity index (χ4v) is 4.28. The van der Waals surface area contributed by atoms with E-state index in [1.807, 2.05) is 0 Å². The third kappa shape index (κ3) is 3.95. The van der Waals surface area contributed by atoms with Gasteiger partial charge >= 0.3 is 0 Å². The van der Waals surface area contributed by atoms with Crippen molar-refractivity contribution in [2.45, 2.75) is 71.6 Å². The first-order valence-electron chi connectivity index (χ1n) is 7.09. The Morgan fingerprint density at radius 2 is 1.67 bits per heavy atom. The molecule has 0 atom stereocenters. The Hall–Kier alpha value is -0.0900. The molecule has 0 aromatic heterocycles. The van der Waals surface area contributed by atoms with E-state index in [0.29, 0.717) is 18.4 Å². The summed E-state index contributed by atoms with van der Waals surface area (Å²) < 4.78 is 26.9. The number of nitrogens with zero attached hydrogens (tertiary/aromatic N) is 1. The van der Waals surface area contributed by atoms with Gasteiger partial charge in [-0.1, -0.05) is 13.8 Å². The van der Waals surface area contributed by atoms with Gasteiger partial charge in [-0.3, -0.25) is 0 Å². The number of hydrogen-bond acceptors (Lipinski definition) is 2. The molecule has 0 amide bonds. The Morgan fingerprint density at radius 3 is 2.00 bits per heavy atom. The molecule has 108 valence electrons. The molecule has 0 radical (unpaired) electrons. The van der Waals surface area contributed by atoms with Crippen molar-refractivity contribution in [3.63, 3.8) is 0 Å². The summed E-state index contributed by atoms with van der Waals surface area (Å²) in [6.45, 7) is 12.7. The third-order valence-electron chi connectivity index (χ3n) is 3.61. The van der Waals surface area contributed by atoms with Gasteiger partial charge in [-0.15, -0.1) is 0 Å². The third-order valence-corrected chi connectivity index (χ3v) is 6.06. The van der Waals surface area contributed by atoms with E-state index in [9.17, 15) is 8.42 Å². The monoisotopic (exact) mass is 275 g/mol. The molecule has 0 unspecified atom stereocenters. The van der Waals surface area contributed by atoms with Crippen molar-refractivity contribution in [3.8, 4) is 0 Å². The van der Waals surface area contributed by atoms with E-state index in [-0.39, 0.29) is 10.8 Å². The molecule has 1 aliphatic rings. The number of hydrogen-bond donors (Lipinski definition) is 0. The highest BCUT2D eigenvalue weighted by Crippen LogP contribution is 2.36. The molecular weight excluding hydrogens is 246 g/mol. The second-order valence-corrected chi connectivity index (χ2v) is 9.39. The lowest BCUT2D eigenvalue weighted by Crippen LogP contribution is -2.51. The van der Waals surface area contributed by atoms with Crippen molar-refractivity contribution >= 4 is 10.0 Å². The van der Waals surface area contributed by atoms with Crippen LogP contribution in [0.5, 0.6) is 0 Å². The van der Waals surface area contributed by atoms with Crippen molar-refractivity contribution < 1.29 is 8.42 Å². The maximum Gasteiger partial charge on any atom is 0.216 e. The molecule has 1 fully saturated rings. The Bertz CT molecular complexity index is 367. The van der Waals surface area contributed by atoms with E-state index in [2.05, 4.69) is 27.7 Å². The minimum Gasteiger partial charge on any atom is -0.212 e. The predicted molar refractivity (Wildman–Crippen MR) is 77.0 cm³/mol. The summed E-state index contributed by atoms with van der Waals surface area (Å²) in [6, 6.07) is 0. The van der Waals surface area contributed by atoms with Gasteiger partial charge in [0.15, 0.2) is 0 Å². The van der Waals surface area contributed by atoms with Crippen molar-refractivity contribution in [3.05, 3.63) is 0 Å². The molecule has 0 saturated heterocycles. The van der Waals surface area contributed by atoms with Crippen molar-refractivity contribution in [1.82, 2.24) is 4.31 Å². The smallest absolute Gasteiger partial charge is 0.212 e. The Morgan fingerprint density at radius 1 is 1.17 bits per heavy atom. The Kier molecular flexibility index (Phi) is 4.87. The summed E-state index contributed by atoms with van der Waals surface area (Å²) in [5.41, 5.74) is -0.278. The molecule has 0 bridgehead atoms. The molecule has 0 N–H and O–H groups in total. The van der Waals surface area contributed by atoms with Crippen molar-refractivity contribution in [2.75, 3.05) is 6.54 Å². The summed E-state index contributed by atoms with van der Waals surface area (Å²) in [5, 5.41) is -0.331. The van der Waals surface area contributed by atoms with Gasteiger partial charge in [0.2, 0.25) is 10.0 Å². The van der Waals surface area contributed by atoms with Crippen LogP contribution in [0.3, 0.4) is 0 Å². The summed E-state index contributed by atoms with van der Waals surface area (Å²) in [5.74, 6) is 1.09. The zero-order valence-corrected chi connectivity index (χ0v) is 13.5. The van der Waals surface area contributed by atoms with Gasteiger partial charge in [-0.05, 0) is 58.8 Å². The Labute approximate surface area is 113 Å². The zero-order chi connectivity index (χ0) is 14.1. The second kappa shape index (κ2) is 5.49. The maximum absolute atomic E-state index is 12.5. The van der Waals surface area contributed by atoms with Gasteiger partial charge in [0, 0.05) is 12.1 Å². The topological polar surface area (TPSA) is 37.4 Å². The predicted octanol–water partition coefficient (Wildman–Crippen LogP) is 3.26. The number of sulfonamides is 1. The summed E-state index contributed by atoms with van der Waals surface area (Å²) in [6.07, 6.45) is 3.27. The van der Waals surface area contributed by atoms with Crippen LogP contribution >= 0.6 is 0 Å². The van der Waals surface area contributed by atoms with Crippen LogP contribution in [-0.2, 0) is 10.0 Å². The van der Waals surface area contributed by atoms with E-state index in [1.165, 1.54) is 12.8 Å². The van der Waals surface area contributed by atoms with E-state index < -0.39 is 10.0 Å². The largest absolute Gasteiger partial charge is 0.216 e.